The van der Waals surface area contributed by atoms with Gasteiger partial charge in [-0.25, -0.2) is 4.39 Å². The second-order valence-corrected chi connectivity index (χ2v) is 11.8. The maximum atomic E-state index is 15.0. The molecule has 1 N–H and O–H groups in total. The molecule has 206 valence electrons. The topological polar surface area (TPSA) is 66.8 Å². The van der Waals surface area contributed by atoms with Crippen LogP contribution in [0.5, 0.6) is 5.75 Å². The fraction of sp³-hybridized carbons (Fsp3) is 0.394. The highest BCUT2D eigenvalue weighted by atomic mass is 19.1. The zero-order chi connectivity index (χ0) is 28.3. The molecule has 1 aliphatic rings. The maximum Gasteiger partial charge on any atom is 0.303 e. The summed E-state index contributed by atoms with van der Waals surface area (Å²) in [5.41, 5.74) is 4.81. The lowest BCUT2D eigenvalue weighted by molar-refractivity contribution is -0.137. The van der Waals surface area contributed by atoms with Gasteiger partial charge >= 0.3 is 5.97 Å². The minimum absolute atomic E-state index is 0.0105. The Morgan fingerprint density at radius 3 is 2.41 bits per heavy atom. The monoisotopic (exact) mass is 531 g/mol. The number of methoxy groups -OCH3 is 1. The van der Waals surface area contributed by atoms with E-state index in [0.29, 0.717) is 30.2 Å². The SMILES string of the molecule is COc1ccc(F)c(-c2ccc(N(Cc3cccc(C(CC(=O)O)C4CC4)c3)C(C)=O)cc2CC(C)(C)C)c1. The fourth-order valence-corrected chi connectivity index (χ4v) is 5.30. The molecule has 1 amide bonds. The number of hydrogen-bond donors (Lipinski definition) is 1. The Morgan fingerprint density at radius 2 is 1.79 bits per heavy atom. The van der Waals surface area contributed by atoms with Gasteiger partial charge in [-0.2, -0.15) is 0 Å². The van der Waals surface area contributed by atoms with Gasteiger partial charge in [0.25, 0.3) is 0 Å². The van der Waals surface area contributed by atoms with E-state index in [1.165, 1.54) is 6.07 Å². The van der Waals surface area contributed by atoms with E-state index in [1.54, 1.807) is 31.1 Å². The van der Waals surface area contributed by atoms with Crippen LogP contribution in [0.15, 0.2) is 60.7 Å². The zero-order valence-electron chi connectivity index (χ0n) is 23.5. The number of carbonyl (C=O) groups is 2. The molecule has 5 nitrogen and oxygen atoms in total. The van der Waals surface area contributed by atoms with Gasteiger partial charge in [0.2, 0.25) is 5.91 Å². The summed E-state index contributed by atoms with van der Waals surface area (Å²) in [7, 11) is 1.56. The summed E-state index contributed by atoms with van der Waals surface area (Å²) in [6.45, 7) is 8.29. The van der Waals surface area contributed by atoms with Gasteiger partial charge in [0.1, 0.15) is 11.6 Å². The van der Waals surface area contributed by atoms with Gasteiger partial charge in [0.15, 0.2) is 0 Å². The van der Waals surface area contributed by atoms with Crippen molar-refractivity contribution in [3.05, 3.63) is 83.2 Å². The second kappa shape index (κ2) is 11.6. The number of anilines is 1. The van der Waals surface area contributed by atoms with Crippen molar-refractivity contribution < 1.29 is 23.8 Å². The van der Waals surface area contributed by atoms with Gasteiger partial charge in [0, 0.05) is 18.2 Å². The molecule has 3 aromatic rings. The molecular weight excluding hydrogens is 493 g/mol. The van der Waals surface area contributed by atoms with Crippen molar-refractivity contribution in [2.24, 2.45) is 11.3 Å². The molecule has 3 aromatic carbocycles. The van der Waals surface area contributed by atoms with Crippen molar-refractivity contribution in [1.82, 2.24) is 0 Å². The van der Waals surface area contributed by atoms with Crippen LogP contribution >= 0.6 is 0 Å². The summed E-state index contributed by atoms with van der Waals surface area (Å²) in [6, 6.07) is 18.4. The lowest BCUT2D eigenvalue weighted by Crippen LogP contribution is -2.28. The van der Waals surface area contributed by atoms with Gasteiger partial charge in [-0.3, -0.25) is 9.59 Å². The van der Waals surface area contributed by atoms with Crippen LogP contribution in [-0.2, 0) is 22.6 Å². The third-order valence-electron chi connectivity index (χ3n) is 7.27. The van der Waals surface area contributed by atoms with Crippen molar-refractivity contribution in [3.8, 4) is 16.9 Å². The standard InChI is InChI=1S/C33H38FNO4/c1-21(36)35(20-22-7-6-8-24(15-22)29(18-32(37)38)23-9-10-23)26-11-13-28(25(16-26)19-33(2,3)4)30-17-27(39-5)12-14-31(30)34/h6-8,11-17,23,29H,9-10,18-20H2,1-5H3,(H,37,38). The number of ether oxygens (including phenoxy) is 1. The number of carboxylic acids is 1. The molecule has 1 unspecified atom stereocenters. The Bertz CT molecular complexity index is 1360. The number of halogens is 1. The summed E-state index contributed by atoms with van der Waals surface area (Å²) >= 11 is 0. The lowest BCUT2D eigenvalue weighted by Gasteiger charge is -2.26. The highest BCUT2D eigenvalue weighted by molar-refractivity contribution is 5.92. The molecule has 1 aliphatic carbocycles. The van der Waals surface area contributed by atoms with Gasteiger partial charge < -0.3 is 14.7 Å². The van der Waals surface area contributed by atoms with E-state index in [4.69, 9.17) is 4.74 Å². The average Bonchev–Trinajstić information content (AvgIpc) is 3.71. The Labute approximate surface area is 230 Å². The largest absolute Gasteiger partial charge is 0.497 e. The molecule has 1 saturated carbocycles. The van der Waals surface area contributed by atoms with Crippen LogP contribution in [0.2, 0.25) is 0 Å². The second-order valence-electron chi connectivity index (χ2n) is 11.8. The molecular formula is C33H38FNO4. The Kier molecular flexibility index (Phi) is 8.43. The number of carboxylic acid groups (broad SMARTS) is 1. The first-order valence-electron chi connectivity index (χ1n) is 13.5. The molecule has 0 bridgehead atoms. The minimum Gasteiger partial charge on any atom is -0.497 e. The number of aliphatic carboxylic acids is 1. The molecule has 0 heterocycles. The zero-order valence-corrected chi connectivity index (χ0v) is 23.5. The van der Waals surface area contributed by atoms with E-state index >= 15 is 0 Å². The first-order valence-corrected chi connectivity index (χ1v) is 13.5. The summed E-state index contributed by atoms with van der Waals surface area (Å²) < 4.78 is 20.3. The number of benzene rings is 3. The molecule has 0 radical (unpaired) electrons. The Morgan fingerprint density at radius 1 is 1.05 bits per heavy atom. The van der Waals surface area contributed by atoms with Crippen LogP contribution in [0.25, 0.3) is 11.1 Å². The van der Waals surface area contributed by atoms with Crippen LogP contribution in [0, 0.1) is 17.2 Å². The quantitative estimate of drug-likeness (QED) is 0.292. The smallest absolute Gasteiger partial charge is 0.303 e. The lowest BCUT2D eigenvalue weighted by atomic mass is 9.84. The van der Waals surface area contributed by atoms with Gasteiger partial charge in [-0.1, -0.05) is 51.1 Å². The molecule has 4 rings (SSSR count). The van der Waals surface area contributed by atoms with Crippen molar-refractivity contribution in [2.45, 2.75) is 65.8 Å². The number of rotatable bonds is 10. The summed E-state index contributed by atoms with van der Waals surface area (Å²) in [4.78, 5) is 26.1. The highest BCUT2D eigenvalue weighted by Crippen LogP contribution is 2.44. The molecule has 6 heteroatoms. The first kappa shape index (κ1) is 28.3. The molecule has 0 aliphatic heterocycles. The molecule has 0 spiro atoms. The van der Waals surface area contributed by atoms with Crippen molar-refractivity contribution in [2.75, 3.05) is 12.0 Å². The van der Waals surface area contributed by atoms with Crippen LogP contribution < -0.4 is 9.64 Å². The average molecular weight is 532 g/mol. The van der Waals surface area contributed by atoms with E-state index < -0.39 is 5.97 Å². The minimum atomic E-state index is -0.790. The van der Waals surface area contributed by atoms with Gasteiger partial charge in [-0.15, -0.1) is 0 Å². The normalized spacial score (nSPS) is 14.1. The van der Waals surface area contributed by atoms with Crippen LogP contribution in [-0.4, -0.2) is 24.1 Å². The predicted octanol–water partition coefficient (Wildman–Crippen LogP) is 7.61. The maximum absolute atomic E-state index is 15.0. The van der Waals surface area contributed by atoms with E-state index in [0.717, 1.165) is 40.8 Å². The number of hydrogen-bond acceptors (Lipinski definition) is 3. The Balaban J connectivity index is 1.70. The van der Waals surface area contributed by atoms with Crippen molar-refractivity contribution >= 4 is 17.6 Å². The number of nitrogens with zero attached hydrogens (tertiary/aromatic N) is 1. The number of amides is 1. The van der Waals surface area contributed by atoms with Crippen LogP contribution in [0.1, 0.15) is 69.6 Å². The molecule has 1 atom stereocenters. The fourth-order valence-electron chi connectivity index (χ4n) is 5.30. The summed E-state index contributed by atoms with van der Waals surface area (Å²) in [5.74, 6) is -0.248. The first-order chi connectivity index (χ1) is 18.4. The van der Waals surface area contributed by atoms with E-state index in [-0.39, 0.29) is 29.5 Å². The molecule has 1 fully saturated rings. The van der Waals surface area contributed by atoms with Crippen molar-refractivity contribution in [1.29, 1.82) is 0 Å². The molecule has 0 saturated heterocycles. The van der Waals surface area contributed by atoms with Gasteiger partial charge in [0.05, 0.1) is 20.1 Å². The van der Waals surface area contributed by atoms with Crippen LogP contribution in [0.4, 0.5) is 10.1 Å². The third kappa shape index (κ3) is 7.25. The summed E-state index contributed by atoms with van der Waals surface area (Å²) in [6.07, 6.45) is 2.91. The summed E-state index contributed by atoms with van der Waals surface area (Å²) in [5, 5.41) is 9.43. The van der Waals surface area contributed by atoms with Gasteiger partial charge in [-0.05, 0) is 89.1 Å². The third-order valence-corrected chi connectivity index (χ3v) is 7.27. The number of carbonyl (C=O) groups excluding carboxylic acids is 1. The predicted molar refractivity (Wildman–Crippen MR) is 153 cm³/mol. The van der Waals surface area contributed by atoms with E-state index in [9.17, 15) is 19.1 Å². The van der Waals surface area contributed by atoms with Crippen LogP contribution in [0.3, 0.4) is 0 Å². The Hall–Kier alpha value is -3.67. The van der Waals surface area contributed by atoms with Crippen molar-refractivity contribution in [3.63, 3.8) is 0 Å². The molecule has 39 heavy (non-hydrogen) atoms. The van der Waals surface area contributed by atoms with E-state index in [2.05, 4.69) is 20.8 Å². The highest BCUT2D eigenvalue weighted by Gasteiger charge is 2.34. The molecule has 0 aromatic heterocycles. The van der Waals surface area contributed by atoms with E-state index in [1.807, 2.05) is 42.5 Å².